The lowest BCUT2D eigenvalue weighted by molar-refractivity contribution is 0.473. The number of aromatic hydroxyl groups is 1. The van der Waals surface area contributed by atoms with Gasteiger partial charge in [0.15, 0.2) is 0 Å². The monoisotopic (exact) mass is 530 g/mol. The van der Waals surface area contributed by atoms with Crippen LogP contribution in [0.5, 0.6) is 5.75 Å². The summed E-state index contributed by atoms with van der Waals surface area (Å²) in [5.74, 6) is 0.110. The molecule has 5 aromatic rings. The normalized spacial score (nSPS) is 11.9. The molecule has 0 heterocycles. The Bertz CT molecular complexity index is 1900. The molecule has 5 aromatic carbocycles. The number of aryl methyl sites for hydroxylation is 2. The number of hydrogen-bond donors (Lipinski definition) is 1. The molecule has 5 rings (SSSR count). The highest BCUT2D eigenvalue weighted by molar-refractivity contribution is 5.96. The Labute approximate surface area is 239 Å². The molecule has 0 unspecified atom stereocenters. The van der Waals surface area contributed by atoms with Crippen molar-refractivity contribution in [2.24, 2.45) is 10.2 Å². The van der Waals surface area contributed by atoms with Crippen molar-refractivity contribution in [3.8, 4) is 17.9 Å². The van der Waals surface area contributed by atoms with E-state index in [1.54, 1.807) is 12.1 Å². The van der Waals surface area contributed by atoms with Crippen molar-refractivity contribution in [3.05, 3.63) is 137 Å². The van der Waals surface area contributed by atoms with Gasteiger partial charge in [-0.25, -0.2) is 0 Å². The SMILES string of the molecule is Cc1ccc(C(C#N)=Cc2ccc(C=C(C#N)c3ccc(N=Nc4c(O)c(C)cc5ccccc45)cc3)cc2)cc1. The first kappa shape index (κ1) is 26.8. The second-order valence-corrected chi connectivity index (χ2v) is 9.73. The van der Waals surface area contributed by atoms with Crippen molar-refractivity contribution in [2.75, 3.05) is 0 Å². The van der Waals surface area contributed by atoms with Crippen molar-refractivity contribution in [2.45, 2.75) is 13.8 Å². The molecule has 0 spiro atoms. The molecule has 0 aliphatic heterocycles. The summed E-state index contributed by atoms with van der Waals surface area (Å²) in [6.45, 7) is 3.85. The third-order valence-corrected chi connectivity index (χ3v) is 6.79. The van der Waals surface area contributed by atoms with Gasteiger partial charge in [-0.2, -0.15) is 15.6 Å². The predicted molar refractivity (Wildman–Crippen MR) is 166 cm³/mol. The minimum absolute atomic E-state index is 0.110. The number of phenolic OH excluding ortho intramolecular Hbond substituents is 1. The summed E-state index contributed by atoms with van der Waals surface area (Å²) >= 11 is 0. The third-order valence-electron chi connectivity index (χ3n) is 6.79. The first-order valence-electron chi connectivity index (χ1n) is 13.1. The van der Waals surface area contributed by atoms with Gasteiger partial charge >= 0.3 is 0 Å². The molecular formula is C36H26N4O. The number of fused-ring (bicyclic) bond motifs is 1. The molecule has 196 valence electrons. The molecule has 0 radical (unpaired) electrons. The summed E-state index contributed by atoms with van der Waals surface area (Å²) in [6.07, 6.45) is 3.68. The Kier molecular flexibility index (Phi) is 7.81. The zero-order chi connectivity index (χ0) is 28.8. The van der Waals surface area contributed by atoms with Crippen molar-refractivity contribution in [1.29, 1.82) is 10.5 Å². The summed E-state index contributed by atoms with van der Waals surface area (Å²) in [5, 5.41) is 40.6. The van der Waals surface area contributed by atoms with E-state index in [1.807, 2.05) is 117 Å². The summed E-state index contributed by atoms with van der Waals surface area (Å²) in [6, 6.07) is 37.0. The van der Waals surface area contributed by atoms with Gasteiger partial charge in [-0.3, -0.25) is 0 Å². The second kappa shape index (κ2) is 11.9. The van der Waals surface area contributed by atoms with Crippen molar-refractivity contribution >= 4 is 45.4 Å². The lowest BCUT2D eigenvalue weighted by atomic mass is 10.0. The molecule has 0 amide bonds. The zero-order valence-electron chi connectivity index (χ0n) is 22.7. The maximum absolute atomic E-state index is 10.6. The molecule has 0 fully saturated rings. The smallest absolute Gasteiger partial charge is 0.146 e. The van der Waals surface area contributed by atoms with Gasteiger partial charge in [-0.15, -0.1) is 5.11 Å². The van der Waals surface area contributed by atoms with E-state index >= 15 is 0 Å². The molecular weight excluding hydrogens is 504 g/mol. The topological polar surface area (TPSA) is 92.5 Å². The molecule has 0 aliphatic rings. The molecule has 0 aromatic heterocycles. The first-order valence-corrected chi connectivity index (χ1v) is 13.1. The van der Waals surface area contributed by atoms with Gasteiger partial charge < -0.3 is 5.11 Å². The Hall–Kier alpha value is -5.78. The van der Waals surface area contributed by atoms with Crippen LogP contribution >= 0.6 is 0 Å². The van der Waals surface area contributed by atoms with E-state index in [1.165, 1.54) is 0 Å². The molecule has 1 N–H and O–H groups in total. The Balaban J connectivity index is 1.35. The molecule has 0 saturated carbocycles. The number of benzene rings is 5. The number of nitrogens with zero attached hydrogens (tertiary/aromatic N) is 4. The first-order chi connectivity index (χ1) is 19.9. The van der Waals surface area contributed by atoms with Gasteiger partial charge in [0.2, 0.25) is 0 Å². The van der Waals surface area contributed by atoms with Gasteiger partial charge in [0.05, 0.1) is 29.0 Å². The van der Waals surface area contributed by atoms with E-state index in [0.717, 1.165) is 44.2 Å². The number of nitriles is 2. The minimum Gasteiger partial charge on any atom is -0.505 e. The lowest BCUT2D eigenvalue weighted by Gasteiger charge is -2.07. The number of hydrogen-bond acceptors (Lipinski definition) is 5. The molecule has 0 bridgehead atoms. The van der Waals surface area contributed by atoms with Gasteiger partial charge in [-0.05, 0) is 77.4 Å². The van der Waals surface area contributed by atoms with Crippen molar-refractivity contribution < 1.29 is 5.11 Å². The van der Waals surface area contributed by atoms with Crippen LogP contribution in [0.15, 0.2) is 113 Å². The fraction of sp³-hybridized carbons (Fsp3) is 0.0556. The highest BCUT2D eigenvalue weighted by Crippen LogP contribution is 2.39. The van der Waals surface area contributed by atoms with Gasteiger partial charge in [0.1, 0.15) is 11.4 Å². The summed E-state index contributed by atoms with van der Waals surface area (Å²) < 4.78 is 0. The Morgan fingerprint density at radius 3 is 1.78 bits per heavy atom. The number of phenols is 1. The second-order valence-electron chi connectivity index (χ2n) is 9.73. The largest absolute Gasteiger partial charge is 0.505 e. The van der Waals surface area contributed by atoms with Crippen LogP contribution in [0.2, 0.25) is 0 Å². The minimum atomic E-state index is 0.110. The molecule has 5 heteroatoms. The highest BCUT2D eigenvalue weighted by Gasteiger charge is 2.10. The fourth-order valence-corrected chi connectivity index (χ4v) is 4.49. The summed E-state index contributed by atoms with van der Waals surface area (Å²) in [4.78, 5) is 0. The Morgan fingerprint density at radius 1 is 0.683 bits per heavy atom. The van der Waals surface area contributed by atoms with Crippen LogP contribution in [0, 0.1) is 36.5 Å². The lowest BCUT2D eigenvalue weighted by Crippen LogP contribution is -1.84. The van der Waals surface area contributed by atoms with E-state index in [2.05, 4.69) is 22.4 Å². The van der Waals surface area contributed by atoms with Crippen molar-refractivity contribution in [1.82, 2.24) is 0 Å². The van der Waals surface area contributed by atoms with Gasteiger partial charge in [0.25, 0.3) is 0 Å². The zero-order valence-corrected chi connectivity index (χ0v) is 22.7. The van der Waals surface area contributed by atoms with Crippen LogP contribution < -0.4 is 0 Å². The number of allylic oxidation sites excluding steroid dienone is 2. The van der Waals surface area contributed by atoms with Crippen LogP contribution in [-0.2, 0) is 0 Å². The third kappa shape index (κ3) is 6.11. The molecule has 5 nitrogen and oxygen atoms in total. The number of azo groups is 1. The molecule has 0 aliphatic carbocycles. The Morgan fingerprint density at radius 2 is 1.22 bits per heavy atom. The van der Waals surface area contributed by atoms with E-state index in [0.29, 0.717) is 22.5 Å². The van der Waals surface area contributed by atoms with Crippen LogP contribution in [0.4, 0.5) is 11.4 Å². The van der Waals surface area contributed by atoms with Crippen LogP contribution in [0.1, 0.15) is 33.4 Å². The van der Waals surface area contributed by atoms with E-state index in [9.17, 15) is 15.6 Å². The summed E-state index contributed by atoms with van der Waals surface area (Å²) in [7, 11) is 0. The quantitative estimate of drug-likeness (QED) is 0.134. The average molecular weight is 531 g/mol. The van der Waals surface area contributed by atoms with E-state index < -0.39 is 0 Å². The molecule has 0 saturated heterocycles. The van der Waals surface area contributed by atoms with Crippen molar-refractivity contribution in [3.63, 3.8) is 0 Å². The fourth-order valence-electron chi connectivity index (χ4n) is 4.49. The van der Waals surface area contributed by atoms with Crippen LogP contribution in [0.25, 0.3) is 34.1 Å². The van der Waals surface area contributed by atoms with E-state index in [4.69, 9.17) is 0 Å². The highest BCUT2D eigenvalue weighted by atomic mass is 16.3. The van der Waals surface area contributed by atoms with Crippen LogP contribution in [-0.4, -0.2) is 5.11 Å². The maximum atomic E-state index is 10.6. The standard InChI is InChI=1S/C36H26N4O/c1-24-7-13-28(14-8-24)31(22-37)20-26-9-11-27(12-10-26)21-32(23-38)29-15-17-33(18-16-29)39-40-35-34-6-4-3-5-30(34)19-25(2)36(35)41/h3-21,41H,1-2H3. The van der Waals surface area contributed by atoms with Gasteiger partial charge in [-0.1, -0.05) is 90.5 Å². The molecule has 41 heavy (non-hydrogen) atoms. The van der Waals surface area contributed by atoms with E-state index in [-0.39, 0.29) is 5.75 Å². The maximum Gasteiger partial charge on any atom is 0.146 e. The van der Waals surface area contributed by atoms with Gasteiger partial charge in [0, 0.05) is 5.39 Å². The molecule has 0 atom stereocenters. The summed E-state index contributed by atoms with van der Waals surface area (Å²) in [5.41, 5.74) is 7.42. The number of rotatable bonds is 6. The average Bonchev–Trinajstić information content (AvgIpc) is 3.00. The van der Waals surface area contributed by atoms with Crippen LogP contribution in [0.3, 0.4) is 0 Å². The predicted octanol–water partition coefficient (Wildman–Crippen LogP) is 9.71.